The molecule has 0 spiro atoms. The number of methoxy groups -OCH3 is 1. The van der Waals surface area contributed by atoms with E-state index in [1.165, 1.54) is 6.21 Å². The summed E-state index contributed by atoms with van der Waals surface area (Å²) in [5.41, 5.74) is 3.19. The number of ether oxygens (including phenoxy) is 2. The van der Waals surface area contributed by atoms with Crippen molar-refractivity contribution in [3.05, 3.63) is 54.3 Å². The van der Waals surface area contributed by atoms with Gasteiger partial charge in [0.1, 0.15) is 11.5 Å². The average Bonchev–Trinajstić information content (AvgIpc) is 2.60. The zero-order chi connectivity index (χ0) is 18.4. The molecule has 0 saturated heterocycles. The average molecular weight is 555 g/mol. The van der Waals surface area contributed by atoms with Crippen LogP contribution in [0.4, 0.5) is 0 Å². The lowest BCUT2D eigenvalue weighted by Crippen LogP contribution is -2.24. The number of nitrogens with zero attached hydrogens (tertiary/aromatic N) is 1. The standard InChI is InChI=1S/C16H12Br3ClN2O3/c1-24-10-4-2-3-9(5-10)7-21-22-13(23)8-25-16-12(18)6-11(17)15(20)14(16)19/h2-7H,8H2,1H3,(H,22,23)/b21-7+. The van der Waals surface area contributed by atoms with Crippen molar-refractivity contribution in [2.24, 2.45) is 5.10 Å². The molecule has 25 heavy (non-hydrogen) atoms. The third-order valence-electron chi connectivity index (χ3n) is 2.92. The first-order valence-corrected chi connectivity index (χ1v) is 9.59. The van der Waals surface area contributed by atoms with E-state index in [4.69, 9.17) is 21.1 Å². The van der Waals surface area contributed by atoms with E-state index >= 15 is 0 Å². The summed E-state index contributed by atoms with van der Waals surface area (Å²) < 4.78 is 12.5. The number of hydrogen-bond donors (Lipinski definition) is 1. The molecule has 0 aliphatic heterocycles. The van der Waals surface area contributed by atoms with E-state index in [1.54, 1.807) is 19.2 Å². The predicted octanol–water partition coefficient (Wildman–Crippen LogP) is 5.17. The summed E-state index contributed by atoms with van der Waals surface area (Å²) in [6.07, 6.45) is 1.52. The van der Waals surface area contributed by atoms with Crippen LogP contribution in [0.15, 0.2) is 48.9 Å². The Morgan fingerprint density at radius 3 is 2.76 bits per heavy atom. The number of hydrazone groups is 1. The van der Waals surface area contributed by atoms with E-state index < -0.39 is 5.91 Å². The van der Waals surface area contributed by atoms with Crippen molar-refractivity contribution in [2.75, 3.05) is 13.7 Å². The minimum absolute atomic E-state index is 0.218. The zero-order valence-electron chi connectivity index (χ0n) is 12.9. The van der Waals surface area contributed by atoms with Gasteiger partial charge in [-0.1, -0.05) is 23.7 Å². The number of carbonyl (C=O) groups is 1. The molecule has 0 unspecified atom stereocenters. The molecule has 132 valence electrons. The topological polar surface area (TPSA) is 59.9 Å². The lowest BCUT2D eigenvalue weighted by Gasteiger charge is -2.11. The Morgan fingerprint density at radius 1 is 1.28 bits per heavy atom. The van der Waals surface area contributed by atoms with Crippen LogP contribution >= 0.6 is 59.4 Å². The molecule has 0 aliphatic carbocycles. The van der Waals surface area contributed by atoms with Crippen LogP contribution in [-0.4, -0.2) is 25.8 Å². The number of amides is 1. The van der Waals surface area contributed by atoms with Gasteiger partial charge >= 0.3 is 0 Å². The van der Waals surface area contributed by atoms with Crippen LogP contribution in [0.3, 0.4) is 0 Å². The van der Waals surface area contributed by atoms with Crippen LogP contribution in [0.5, 0.6) is 11.5 Å². The molecule has 0 saturated carbocycles. The highest BCUT2D eigenvalue weighted by Gasteiger charge is 2.15. The highest BCUT2D eigenvalue weighted by atomic mass is 79.9. The molecule has 0 fully saturated rings. The summed E-state index contributed by atoms with van der Waals surface area (Å²) in [6, 6.07) is 9.03. The maximum atomic E-state index is 11.9. The second-order valence-electron chi connectivity index (χ2n) is 4.66. The van der Waals surface area contributed by atoms with Crippen molar-refractivity contribution in [1.29, 1.82) is 0 Å². The van der Waals surface area contributed by atoms with Crippen LogP contribution in [0.25, 0.3) is 0 Å². The molecule has 0 heterocycles. The number of carbonyl (C=O) groups excluding carboxylic acids is 1. The second-order valence-corrected chi connectivity index (χ2v) is 7.54. The van der Waals surface area contributed by atoms with E-state index in [1.807, 2.05) is 18.2 Å². The molecule has 2 aromatic rings. The summed E-state index contributed by atoms with van der Waals surface area (Å²) in [6.45, 7) is -0.218. The molecule has 1 N–H and O–H groups in total. The third kappa shape index (κ3) is 5.70. The largest absolute Gasteiger partial charge is 0.497 e. The number of halogens is 4. The smallest absolute Gasteiger partial charge is 0.277 e. The van der Waals surface area contributed by atoms with Gasteiger partial charge in [-0.05, 0) is 71.6 Å². The Hall–Kier alpha value is -1.09. The minimum atomic E-state index is -0.406. The lowest BCUT2D eigenvalue weighted by molar-refractivity contribution is -0.123. The predicted molar refractivity (Wildman–Crippen MR) is 109 cm³/mol. The Kier molecular flexibility index (Phi) is 7.74. The van der Waals surface area contributed by atoms with Gasteiger partial charge in [0, 0.05) is 4.47 Å². The minimum Gasteiger partial charge on any atom is -0.497 e. The maximum Gasteiger partial charge on any atom is 0.277 e. The SMILES string of the molecule is COc1cccc(/C=N/NC(=O)COc2c(Br)cc(Br)c(Cl)c2Br)c1. The van der Waals surface area contributed by atoms with E-state index in [0.29, 0.717) is 29.9 Å². The molecule has 5 nitrogen and oxygen atoms in total. The molecule has 0 radical (unpaired) electrons. The first-order chi connectivity index (χ1) is 11.9. The molecular weight excluding hydrogens is 543 g/mol. The highest BCUT2D eigenvalue weighted by Crippen LogP contribution is 2.42. The van der Waals surface area contributed by atoms with Crippen molar-refractivity contribution in [1.82, 2.24) is 5.43 Å². The van der Waals surface area contributed by atoms with E-state index in [-0.39, 0.29) is 6.61 Å². The molecule has 0 atom stereocenters. The number of hydrogen-bond acceptors (Lipinski definition) is 4. The first kappa shape index (κ1) is 20.2. The molecule has 1 amide bonds. The number of benzene rings is 2. The molecular formula is C16H12Br3ClN2O3. The van der Waals surface area contributed by atoms with Crippen molar-refractivity contribution >= 4 is 71.5 Å². The lowest BCUT2D eigenvalue weighted by atomic mass is 10.2. The Labute approximate surface area is 175 Å². The summed E-state index contributed by atoms with van der Waals surface area (Å²) in [5, 5.41) is 4.34. The van der Waals surface area contributed by atoms with Gasteiger partial charge in [0.15, 0.2) is 6.61 Å². The second kappa shape index (κ2) is 9.56. The van der Waals surface area contributed by atoms with Gasteiger partial charge in [-0.15, -0.1) is 0 Å². The molecule has 2 rings (SSSR count). The van der Waals surface area contributed by atoms with Gasteiger partial charge in [-0.25, -0.2) is 5.43 Å². The van der Waals surface area contributed by atoms with Gasteiger partial charge in [0.25, 0.3) is 5.91 Å². The van der Waals surface area contributed by atoms with Gasteiger partial charge in [0.05, 0.1) is 27.3 Å². The van der Waals surface area contributed by atoms with Gasteiger partial charge < -0.3 is 9.47 Å². The van der Waals surface area contributed by atoms with Gasteiger partial charge in [-0.2, -0.15) is 5.10 Å². The van der Waals surface area contributed by atoms with Gasteiger partial charge in [-0.3, -0.25) is 4.79 Å². The monoisotopic (exact) mass is 552 g/mol. The van der Waals surface area contributed by atoms with E-state index in [0.717, 1.165) is 5.56 Å². The van der Waals surface area contributed by atoms with Crippen LogP contribution in [-0.2, 0) is 4.79 Å². The Balaban J connectivity index is 1.93. The Bertz CT molecular complexity index is 815. The molecule has 9 heteroatoms. The van der Waals surface area contributed by atoms with Crippen molar-refractivity contribution in [3.63, 3.8) is 0 Å². The third-order valence-corrected chi connectivity index (χ3v) is 5.74. The number of nitrogens with one attached hydrogen (secondary N) is 1. The Morgan fingerprint density at radius 2 is 2.04 bits per heavy atom. The molecule has 0 aliphatic rings. The quantitative estimate of drug-likeness (QED) is 0.232. The number of rotatable bonds is 6. The highest BCUT2D eigenvalue weighted by molar-refractivity contribution is 9.11. The summed E-state index contributed by atoms with van der Waals surface area (Å²) >= 11 is 16.1. The van der Waals surface area contributed by atoms with E-state index in [9.17, 15) is 4.79 Å². The molecule has 0 bridgehead atoms. The fraction of sp³-hybridized carbons (Fsp3) is 0.125. The van der Waals surface area contributed by atoms with Crippen LogP contribution < -0.4 is 14.9 Å². The molecule has 0 aromatic heterocycles. The first-order valence-electron chi connectivity index (χ1n) is 6.84. The molecule has 2 aromatic carbocycles. The van der Waals surface area contributed by atoms with Gasteiger partial charge in [0.2, 0.25) is 0 Å². The van der Waals surface area contributed by atoms with Crippen LogP contribution in [0.2, 0.25) is 5.02 Å². The summed E-state index contributed by atoms with van der Waals surface area (Å²) in [5.74, 6) is 0.734. The van der Waals surface area contributed by atoms with Crippen LogP contribution in [0.1, 0.15) is 5.56 Å². The summed E-state index contributed by atoms with van der Waals surface area (Å²) in [7, 11) is 1.58. The van der Waals surface area contributed by atoms with Crippen LogP contribution in [0, 0.1) is 0 Å². The van der Waals surface area contributed by atoms with Crippen molar-refractivity contribution in [3.8, 4) is 11.5 Å². The van der Waals surface area contributed by atoms with Crippen molar-refractivity contribution < 1.29 is 14.3 Å². The maximum absolute atomic E-state index is 11.9. The fourth-order valence-electron chi connectivity index (χ4n) is 1.75. The van der Waals surface area contributed by atoms with E-state index in [2.05, 4.69) is 58.3 Å². The summed E-state index contributed by atoms with van der Waals surface area (Å²) in [4.78, 5) is 11.9. The van der Waals surface area contributed by atoms with Crippen molar-refractivity contribution in [2.45, 2.75) is 0 Å². The zero-order valence-corrected chi connectivity index (χ0v) is 18.4. The normalized spacial score (nSPS) is 10.8. The fourth-order valence-corrected chi connectivity index (χ4v) is 4.24.